The summed E-state index contributed by atoms with van der Waals surface area (Å²) in [6.07, 6.45) is 0. The number of carbonyl (C=O) groups excluding carboxylic acids is 2. The minimum Gasteiger partial charge on any atom is -0.481 e. The predicted octanol–water partition coefficient (Wildman–Crippen LogP) is 2.01. The minimum atomic E-state index is -0.125. The molecule has 0 N–H and O–H groups in total. The Bertz CT molecular complexity index is 484. The van der Waals surface area contributed by atoms with Crippen LogP contribution in [0.25, 0.3) is 0 Å². The van der Waals surface area contributed by atoms with Gasteiger partial charge in [0.25, 0.3) is 5.91 Å². The monoisotopic (exact) mass is 283 g/mol. The number of ketones is 1. The zero-order valence-electron chi connectivity index (χ0n) is 8.91. The molecule has 1 heterocycles. The fourth-order valence-corrected chi connectivity index (χ4v) is 2.05. The van der Waals surface area contributed by atoms with E-state index in [0.717, 1.165) is 4.47 Å². The number of ether oxygens (including phenoxy) is 1. The van der Waals surface area contributed by atoms with Crippen LogP contribution in [0, 0.1) is 0 Å². The number of carbonyl (C=O) groups is 2. The topological polar surface area (TPSA) is 46.6 Å². The first kappa shape index (κ1) is 11.1. The van der Waals surface area contributed by atoms with E-state index in [2.05, 4.69) is 15.9 Å². The molecule has 0 radical (unpaired) electrons. The first-order valence-electron chi connectivity index (χ1n) is 4.74. The summed E-state index contributed by atoms with van der Waals surface area (Å²) in [5.74, 6) is 0.276. The molecule has 2 rings (SSSR count). The Labute approximate surface area is 101 Å². The Morgan fingerprint density at radius 3 is 2.81 bits per heavy atom. The number of Topliss-reactive ketones (excluding diaryl/α,β-unsaturated/α-hetero) is 1. The van der Waals surface area contributed by atoms with Crippen LogP contribution in [-0.4, -0.2) is 25.3 Å². The molecule has 1 aromatic carbocycles. The number of anilines is 1. The number of halogens is 1. The Balaban J connectivity index is 2.65. The Hall–Kier alpha value is -1.36. The van der Waals surface area contributed by atoms with Crippen molar-refractivity contribution in [3.8, 4) is 5.75 Å². The highest BCUT2D eigenvalue weighted by Gasteiger charge is 2.26. The minimum absolute atomic E-state index is 0.0224. The van der Waals surface area contributed by atoms with Crippen LogP contribution in [0.4, 0.5) is 5.69 Å². The van der Waals surface area contributed by atoms with E-state index in [1.807, 2.05) is 0 Å². The first-order chi connectivity index (χ1) is 7.50. The predicted molar refractivity (Wildman–Crippen MR) is 63.1 cm³/mol. The lowest BCUT2D eigenvalue weighted by Crippen LogP contribution is -2.36. The molecule has 0 saturated carbocycles. The highest BCUT2D eigenvalue weighted by atomic mass is 79.9. The van der Waals surface area contributed by atoms with Gasteiger partial charge in [-0.2, -0.15) is 0 Å². The van der Waals surface area contributed by atoms with Gasteiger partial charge in [0.1, 0.15) is 0 Å². The third-order valence-corrected chi connectivity index (χ3v) is 2.95. The van der Waals surface area contributed by atoms with Gasteiger partial charge in [-0.25, -0.2) is 0 Å². The average Bonchev–Trinajstić information content (AvgIpc) is 2.23. The van der Waals surface area contributed by atoms with Crippen molar-refractivity contribution < 1.29 is 14.3 Å². The number of hydrogen-bond acceptors (Lipinski definition) is 3. The second-order valence-electron chi connectivity index (χ2n) is 3.60. The largest absolute Gasteiger partial charge is 0.481 e. The van der Waals surface area contributed by atoms with E-state index in [1.54, 1.807) is 19.2 Å². The molecule has 1 aromatic rings. The number of rotatable bonds is 1. The van der Waals surface area contributed by atoms with Gasteiger partial charge in [0, 0.05) is 11.5 Å². The molecule has 0 saturated heterocycles. The zero-order valence-corrected chi connectivity index (χ0v) is 10.5. The van der Waals surface area contributed by atoms with Gasteiger partial charge in [-0.3, -0.25) is 9.59 Å². The maximum Gasteiger partial charge on any atom is 0.264 e. The Morgan fingerprint density at radius 2 is 2.19 bits per heavy atom. The zero-order chi connectivity index (χ0) is 11.9. The maximum absolute atomic E-state index is 11.5. The van der Waals surface area contributed by atoms with E-state index in [4.69, 9.17) is 4.74 Å². The third kappa shape index (κ3) is 1.71. The van der Waals surface area contributed by atoms with Gasteiger partial charge in [0.15, 0.2) is 18.1 Å². The molecule has 16 heavy (non-hydrogen) atoms. The van der Waals surface area contributed by atoms with Crippen molar-refractivity contribution in [3.05, 3.63) is 22.2 Å². The van der Waals surface area contributed by atoms with Crippen molar-refractivity contribution in [2.45, 2.75) is 6.92 Å². The van der Waals surface area contributed by atoms with Crippen LogP contribution < -0.4 is 9.64 Å². The molecule has 1 aliphatic rings. The van der Waals surface area contributed by atoms with Gasteiger partial charge in [-0.15, -0.1) is 0 Å². The summed E-state index contributed by atoms with van der Waals surface area (Å²) in [7, 11) is 1.67. The Kier molecular flexibility index (Phi) is 2.71. The van der Waals surface area contributed by atoms with Crippen LogP contribution in [0.3, 0.4) is 0 Å². The molecule has 1 amide bonds. The van der Waals surface area contributed by atoms with Gasteiger partial charge in [-0.1, -0.05) is 15.9 Å². The number of benzene rings is 1. The second kappa shape index (κ2) is 3.90. The fourth-order valence-electron chi connectivity index (χ4n) is 1.61. The summed E-state index contributed by atoms with van der Waals surface area (Å²) >= 11 is 3.31. The van der Waals surface area contributed by atoms with Crippen LogP contribution in [0.5, 0.6) is 5.75 Å². The smallest absolute Gasteiger partial charge is 0.264 e. The molecule has 0 aromatic heterocycles. The number of amides is 1. The molecule has 0 bridgehead atoms. The van der Waals surface area contributed by atoms with Gasteiger partial charge in [0.2, 0.25) is 0 Å². The van der Waals surface area contributed by atoms with E-state index in [1.165, 1.54) is 11.8 Å². The van der Waals surface area contributed by atoms with E-state index in [9.17, 15) is 9.59 Å². The van der Waals surface area contributed by atoms with Crippen molar-refractivity contribution in [2.24, 2.45) is 0 Å². The lowest BCUT2D eigenvalue weighted by Gasteiger charge is -2.27. The molecule has 0 spiro atoms. The fraction of sp³-hybridized carbons (Fsp3) is 0.273. The number of likely N-dealkylation sites (N-methyl/N-ethyl adjacent to an activating group) is 1. The van der Waals surface area contributed by atoms with Gasteiger partial charge < -0.3 is 9.64 Å². The van der Waals surface area contributed by atoms with Crippen LogP contribution in [-0.2, 0) is 4.79 Å². The standard InChI is InChI=1S/C11H10BrNO3/c1-6(14)8-3-7(12)4-9-11(8)16-5-10(15)13(9)2/h3-4H,5H2,1-2H3. The third-order valence-electron chi connectivity index (χ3n) is 2.49. The second-order valence-corrected chi connectivity index (χ2v) is 4.51. The molecule has 0 aliphatic carbocycles. The van der Waals surface area contributed by atoms with Crippen LogP contribution in [0.15, 0.2) is 16.6 Å². The maximum atomic E-state index is 11.5. The van der Waals surface area contributed by atoms with E-state index >= 15 is 0 Å². The molecule has 4 nitrogen and oxygen atoms in total. The summed E-state index contributed by atoms with van der Waals surface area (Å²) in [5, 5.41) is 0. The van der Waals surface area contributed by atoms with Crippen molar-refractivity contribution in [3.63, 3.8) is 0 Å². The lowest BCUT2D eigenvalue weighted by molar-refractivity contribution is -0.121. The number of nitrogens with zero attached hydrogens (tertiary/aromatic N) is 1. The van der Waals surface area contributed by atoms with Crippen molar-refractivity contribution >= 4 is 33.3 Å². The van der Waals surface area contributed by atoms with Crippen molar-refractivity contribution in [1.29, 1.82) is 0 Å². The van der Waals surface area contributed by atoms with Crippen LogP contribution in [0.1, 0.15) is 17.3 Å². The summed E-state index contributed by atoms with van der Waals surface area (Å²) in [6, 6.07) is 3.46. The van der Waals surface area contributed by atoms with Crippen LogP contribution >= 0.6 is 15.9 Å². The highest BCUT2D eigenvalue weighted by molar-refractivity contribution is 9.10. The summed E-state index contributed by atoms with van der Waals surface area (Å²) in [5.41, 5.74) is 1.11. The first-order valence-corrected chi connectivity index (χ1v) is 5.54. The quantitative estimate of drug-likeness (QED) is 0.741. The van der Waals surface area contributed by atoms with E-state index in [0.29, 0.717) is 17.0 Å². The van der Waals surface area contributed by atoms with E-state index in [-0.39, 0.29) is 18.3 Å². The normalized spacial score (nSPS) is 14.4. The van der Waals surface area contributed by atoms with Gasteiger partial charge >= 0.3 is 0 Å². The summed E-state index contributed by atoms with van der Waals surface area (Å²) < 4.78 is 6.07. The molecule has 0 unspecified atom stereocenters. The molecular formula is C11H10BrNO3. The molecule has 0 atom stereocenters. The van der Waals surface area contributed by atoms with Gasteiger partial charge in [0.05, 0.1) is 11.3 Å². The molecule has 0 fully saturated rings. The molecule has 84 valence electrons. The lowest BCUT2D eigenvalue weighted by atomic mass is 10.1. The number of fused-ring (bicyclic) bond motifs is 1. The highest BCUT2D eigenvalue weighted by Crippen LogP contribution is 2.37. The molecule has 1 aliphatic heterocycles. The van der Waals surface area contributed by atoms with Crippen molar-refractivity contribution in [1.82, 2.24) is 0 Å². The average molecular weight is 284 g/mol. The number of hydrogen-bond donors (Lipinski definition) is 0. The summed E-state index contributed by atoms with van der Waals surface area (Å²) in [4.78, 5) is 24.4. The van der Waals surface area contributed by atoms with Gasteiger partial charge in [-0.05, 0) is 19.1 Å². The summed E-state index contributed by atoms with van der Waals surface area (Å²) in [6.45, 7) is 1.45. The van der Waals surface area contributed by atoms with Crippen molar-refractivity contribution in [2.75, 3.05) is 18.6 Å². The van der Waals surface area contributed by atoms with E-state index < -0.39 is 0 Å². The molecular weight excluding hydrogens is 274 g/mol. The van der Waals surface area contributed by atoms with Crippen LogP contribution in [0.2, 0.25) is 0 Å². The molecule has 5 heteroatoms. The Morgan fingerprint density at radius 1 is 1.50 bits per heavy atom. The SMILES string of the molecule is CC(=O)c1cc(Br)cc2c1OCC(=O)N2C.